The van der Waals surface area contributed by atoms with Gasteiger partial charge in [-0.25, -0.2) is 18.5 Å². The highest BCUT2D eigenvalue weighted by Crippen LogP contribution is 2.24. The number of aromatic nitrogens is 4. The van der Waals surface area contributed by atoms with Gasteiger partial charge in [-0.1, -0.05) is 12.1 Å². The minimum Gasteiger partial charge on any atom is -0.457 e. The van der Waals surface area contributed by atoms with Gasteiger partial charge in [-0.05, 0) is 55.0 Å². The molecule has 0 aliphatic carbocycles. The van der Waals surface area contributed by atoms with E-state index >= 15 is 0 Å². The van der Waals surface area contributed by atoms with Crippen molar-refractivity contribution in [3.8, 4) is 11.5 Å². The number of pyridine rings is 1. The van der Waals surface area contributed by atoms with E-state index in [1.165, 1.54) is 29.0 Å². The molecule has 0 saturated heterocycles. The zero-order valence-electron chi connectivity index (χ0n) is 18.6. The maximum absolute atomic E-state index is 13.3. The lowest BCUT2D eigenvalue weighted by Gasteiger charge is -2.15. The largest absolute Gasteiger partial charge is 0.457 e. The van der Waals surface area contributed by atoms with Crippen LogP contribution in [0.15, 0.2) is 76.4 Å². The number of nitrogens with one attached hydrogen (secondary N) is 1. The first-order valence-corrected chi connectivity index (χ1v) is 10.6. The summed E-state index contributed by atoms with van der Waals surface area (Å²) < 4.78 is 21.3. The molecule has 0 radical (unpaired) electrons. The quantitative estimate of drug-likeness (QED) is 0.399. The Morgan fingerprint density at radius 2 is 1.74 bits per heavy atom. The molecule has 2 heterocycles. The molecule has 11 heteroatoms. The predicted octanol–water partition coefficient (Wildman–Crippen LogP) is 2.64. The van der Waals surface area contributed by atoms with Gasteiger partial charge < -0.3 is 15.8 Å². The molecule has 0 aliphatic heterocycles. The first kappa shape index (κ1) is 23.4. The van der Waals surface area contributed by atoms with Crippen LogP contribution in [0.2, 0.25) is 0 Å². The van der Waals surface area contributed by atoms with Gasteiger partial charge in [0.05, 0.1) is 6.54 Å². The van der Waals surface area contributed by atoms with E-state index in [4.69, 9.17) is 10.5 Å². The SMILES string of the molecule is CCn1c(=O)nc(Nc2ccc(Oc3ccnc(C(N)=O)c3)cc2)n(Cc2ccc(F)cc2)c1=O. The Hall–Kier alpha value is -4.80. The van der Waals surface area contributed by atoms with Gasteiger partial charge in [-0.2, -0.15) is 4.98 Å². The molecule has 10 nitrogen and oxygen atoms in total. The van der Waals surface area contributed by atoms with Gasteiger partial charge in [0.1, 0.15) is 23.0 Å². The molecular weight excluding hydrogens is 455 g/mol. The number of primary amides is 1. The number of rotatable bonds is 8. The molecule has 2 aromatic heterocycles. The van der Waals surface area contributed by atoms with Crippen molar-refractivity contribution < 1.29 is 13.9 Å². The molecule has 4 rings (SSSR count). The molecular formula is C24H21FN6O4. The molecule has 4 aromatic rings. The van der Waals surface area contributed by atoms with Crippen LogP contribution in [-0.4, -0.2) is 25.0 Å². The van der Waals surface area contributed by atoms with Crippen LogP contribution < -0.4 is 27.2 Å². The van der Waals surface area contributed by atoms with Crippen molar-refractivity contribution in [1.82, 2.24) is 19.1 Å². The van der Waals surface area contributed by atoms with E-state index in [0.717, 1.165) is 4.57 Å². The van der Waals surface area contributed by atoms with E-state index in [9.17, 15) is 18.8 Å². The third kappa shape index (κ3) is 5.41. The molecule has 0 atom stereocenters. The van der Waals surface area contributed by atoms with E-state index in [1.54, 1.807) is 49.4 Å². The van der Waals surface area contributed by atoms with Crippen molar-refractivity contribution in [2.24, 2.45) is 5.73 Å². The Balaban J connectivity index is 1.60. The monoisotopic (exact) mass is 476 g/mol. The summed E-state index contributed by atoms with van der Waals surface area (Å²) in [6, 6.07) is 15.4. The van der Waals surface area contributed by atoms with Crippen molar-refractivity contribution in [2.45, 2.75) is 20.0 Å². The van der Waals surface area contributed by atoms with Crippen LogP contribution in [0.5, 0.6) is 11.5 Å². The minimum absolute atomic E-state index is 0.0444. The van der Waals surface area contributed by atoms with Crippen molar-refractivity contribution >= 4 is 17.5 Å². The summed E-state index contributed by atoms with van der Waals surface area (Å²) in [6.45, 7) is 1.92. The summed E-state index contributed by atoms with van der Waals surface area (Å²) in [5.41, 5.74) is 5.30. The predicted molar refractivity (Wildman–Crippen MR) is 126 cm³/mol. The lowest BCUT2D eigenvalue weighted by atomic mass is 10.2. The topological polar surface area (TPSA) is 134 Å². The molecule has 0 fully saturated rings. The normalized spacial score (nSPS) is 10.7. The Morgan fingerprint density at radius 3 is 2.40 bits per heavy atom. The Kier molecular flexibility index (Phi) is 6.67. The number of benzene rings is 2. The zero-order chi connectivity index (χ0) is 24.9. The lowest BCUT2D eigenvalue weighted by Crippen LogP contribution is -2.42. The molecule has 3 N–H and O–H groups in total. The summed E-state index contributed by atoms with van der Waals surface area (Å²) in [5, 5.41) is 2.99. The highest BCUT2D eigenvalue weighted by Gasteiger charge is 2.13. The second-order valence-electron chi connectivity index (χ2n) is 7.45. The third-order valence-corrected chi connectivity index (χ3v) is 5.05. The maximum Gasteiger partial charge on any atom is 0.354 e. The van der Waals surface area contributed by atoms with E-state index in [2.05, 4.69) is 15.3 Å². The second kappa shape index (κ2) is 10.00. The van der Waals surface area contributed by atoms with Gasteiger partial charge in [0.25, 0.3) is 5.91 Å². The number of halogens is 1. The molecule has 1 amide bonds. The van der Waals surface area contributed by atoms with Gasteiger partial charge in [-0.15, -0.1) is 0 Å². The molecule has 0 saturated carbocycles. The average Bonchev–Trinajstić information content (AvgIpc) is 2.84. The van der Waals surface area contributed by atoms with Crippen LogP contribution in [0.25, 0.3) is 0 Å². The fourth-order valence-electron chi connectivity index (χ4n) is 3.29. The Morgan fingerprint density at radius 1 is 1.03 bits per heavy atom. The maximum atomic E-state index is 13.3. The van der Waals surface area contributed by atoms with Crippen molar-refractivity contribution in [1.29, 1.82) is 0 Å². The van der Waals surface area contributed by atoms with Crippen LogP contribution in [0.4, 0.5) is 16.0 Å². The summed E-state index contributed by atoms with van der Waals surface area (Å²) in [4.78, 5) is 44.5. The molecule has 0 unspecified atom stereocenters. The highest BCUT2D eigenvalue weighted by molar-refractivity contribution is 5.91. The summed E-state index contributed by atoms with van der Waals surface area (Å²) in [6.07, 6.45) is 1.41. The summed E-state index contributed by atoms with van der Waals surface area (Å²) >= 11 is 0. The van der Waals surface area contributed by atoms with Gasteiger partial charge in [0.15, 0.2) is 0 Å². The molecule has 0 aliphatic rings. The first-order chi connectivity index (χ1) is 16.8. The minimum atomic E-state index is -0.682. The van der Waals surface area contributed by atoms with E-state index in [0.29, 0.717) is 22.7 Å². The number of anilines is 2. The fraction of sp³-hybridized carbons (Fsp3) is 0.125. The van der Waals surface area contributed by atoms with Crippen LogP contribution in [0.1, 0.15) is 23.0 Å². The smallest absolute Gasteiger partial charge is 0.354 e. The summed E-state index contributed by atoms with van der Waals surface area (Å²) in [7, 11) is 0. The number of nitrogens with two attached hydrogens (primary N) is 1. The van der Waals surface area contributed by atoms with E-state index in [1.807, 2.05) is 0 Å². The van der Waals surface area contributed by atoms with Crippen LogP contribution in [0.3, 0.4) is 0 Å². The lowest BCUT2D eigenvalue weighted by molar-refractivity contribution is 0.0995. The Labute approximate surface area is 198 Å². The number of carbonyl (C=O) groups is 1. The van der Waals surface area contributed by atoms with Crippen LogP contribution in [-0.2, 0) is 13.1 Å². The zero-order valence-corrected chi connectivity index (χ0v) is 18.6. The standard InChI is InChI=1S/C24H21FN6O4/c1-2-30-23(33)29-22(31(24(30)34)14-15-3-5-16(25)6-4-15)28-17-7-9-18(10-8-17)35-19-11-12-27-20(13-19)21(26)32/h3-13H,2,14H2,1H3,(H2,26,32)(H,28,29,33). The molecule has 0 bridgehead atoms. The highest BCUT2D eigenvalue weighted by atomic mass is 19.1. The molecule has 0 spiro atoms. The number of amides is 1. The Bertz CT molecular complexity index is 1480. The van der Waals surface area contributed by atoms with Gasteiger partial charge >= 0.3 is 11.4 Å². The number of carbonyl (C=O) groups excluding carboxylic acids is 1. The molecule has 35 heavy (non-hydrogen) atoms. The fourth-order valence-corrected chi connectivity index (χ4v) is 3.29. The first-order valence-electron chi connectivity index (χ1n) is 10.6. The van der Waals surface area contributed by atoms with Crippen molar-refractivity contribution in [3.05, 3.63) is 105 Å². The number of ether oxygens (including phenoxy) is 1. The van der Waals surface area contributed by atoms with Crippen LogP contribution >= 0.6 is 0 Å². The number of hydrogen-bond acceptors (Lipinski definition) is 7. The number of nitrogens with zero attached hydrogens (tertiary/aromatic N) is 4. The van der Waals surface area contributed by atoms with Crippen LogP contribution in [0, 0.1) is 5.82 Å². The third-order valence-electron chi connectivity index (χ3n) is 5.05. The van der Waals surface area contributed by atoms with Gasteiger partial charge in [-0.3, -0.25) is 14.3 Å². The van der Waals surface area contributed by atoms with E-state index < -0.39 is 23.1 Å². The van der Waals surface area contributed by atoms with E-state index in [-0.39, 0.29) is 24.7 Å². The molecule has 178 valence electrons. The van der Waals surface area contributed by atoms with Gasteiger partial charge in [0, 0.05) is 24.5 Å². The second-order valence-corrected chi connectivity index (χ2v) is 7.45. The van der Waals surface area contributed by atoms with Crippen molar-refractivity contribution in [2.75, 3.05) is 5.32 Å². The average molecular weight is 476 g/mol. The van der Waals surface area contributed by atoms with Gasteiger partial charge in [0.2, 0.25) is 5.95 Å². The summed E-state index contributed by atoms with van der Waals surface area (Å²) in [5.74, 6) is -0.166. The van der Waals surface area contributed by atoms with Crippen molar-refractivity contribution in [3.63, 3.8) is 0 Å². The number of hydrogen-bond donors (Lipinski definition) is 2. The molecule has 2 aromatic carbocycles.